The topological polar surface area (TPSA) is 58.7 Å². The Balaban J connectivity index is 2.43. The molecule has 0 saturated carbocycles. The van der Waals surface area contributed by atoms with Crippen LogP contribution in [-0.2, 0) is 0 Å². The molecule has 1 heterocycles. The van der Waals surface area contributed by atoms with E-state index in [9.17, 15) is 13.6 Å². The molecular weight excluding hydrogens is 240 g/mol. The summed E-state index contributed by atoms with van der Waals surface area (Å²) in [6, 6.07) is 1.73. The van der Waals surface area contributed by atoms with Gasteiger partial charge < -0.3 is 10.6 Å². The first-order valence-electron chi connectivity index (χ1n) is 5.24. The molecule has 94 valence electrons. The number of carbonyl (C=O) groups is 1. The Kier molecular flexibility index (Phi) is 3.10. The molecule has 2 amide bonds. The largest absolute Gasteiger partial charge is 0.385 e. The second-order valence-electron chi connectivity index (χ2n) is 3.87. The van der Waals surface area contributed by atoms with E-state index < -0.39 is 23.7 Å². The van der Waals surface area contributed by atoms with E-state index in [0.29, 0.717) is 0 Å². The van der Waals surface area contributed by atoms with Crippen LogP contribution in [0.1, 0.15) is 11.6 Å². The fraction of sp³-hybridized carbons (Fsp3) is 0.167. The van der Waals surface area contributed by atoms with Gasteiger partial charge in [-0.25, -0.2) is 13.6 Å². The van der Waals surface area contributed by atoms with E-state index in [1.807, 2.05) is 0 Å². The maximum atomic E-state index is 13.2. The number of hydrogen-bond donors (Lipinski definition) is 1. The van der Waals surface area contributed by atoms with Crippen LogP contribution in [0.15, 0.2) is 35.8 Å². The first kappa shape index (κ1) is 12.2. The van der Waals surface area contributed by atoms with Crippen LogP contribution in [0.2, 0.25) is 0 Å². The molecular formula is C12H11F2N3O. The second-order valence-corrected chi connectivity index (χ2v) is 3.87. The minimum absolute atomic E-state index is 0.0202. The van der Waals surface area contributed by atoms with Crippen LogP contribution in [-0.4, -0.2) is 23.3 Å². The van der Waals surface area contributed by atoms with Crippen molar-refractivity contribution in [2.24, 2.45) is 10.7 Å². The summed E-state index contributed by atoms with van der Waals surface area (Å²) in [6.45, 7) is 3.71. The maximum Gasteiger partial charge on any atom is 0.346 e. The number of urea groups is 1. The highest BCUT2D eigenvalue weighted by Crippen LogP contribution is 2.27. The third-order valence-electron chi connectivity index (χ3n) is 2.59. The molecule has 4 nitrogen and oxygen atoms in total. The molecule has 2 N–H and O–H groups in total. The van der Waals surface area contributed by atoms with Crippen molar-refractivity contribution in [2.75, 3.05) is 6.54 Å². The van der Waals surface area contributed by atoms with Gasteiger partial charge in [0.25, 0.3) is 0 Å². The molecule has 1 aliphatic heterocycles. The molecule has 1 aromatic rings. The fourth-order valence-electron chi connectivity index (χ4n) is 1.91. The third kappa shape index (κ3) is 2.09. The summed E-state index contributed by atoms with van der Waals surface area (Å²) in [5, 5.41) is 0. The van der Waals surface area contributed by atoms with E-state index in [-0.39, 0.29) is 17.9 Å². The number of amidine groups is 1. The van der Waals surface area contributed by atoms with E-state index in [4.69, 9.17) is 5.73 Å². The van der Waals surface area contributed by atoms with Crippen molar-refractivity contribution in [2.45, 2.75) is 6.04 Å². The summed E-state index contributed by atoms with van der Waals surface area (Å²) in [4.78, 5) is 16.4. The Morgan fingerprint density at radius 3 is 2.56 bits per heavy atom. The molecule has 1 atom stereocenters. The highest BCUT2D eigenvalue weighted by molar-refractivity contribution is 6.03. The predicted octanol–water partition coefficient (Wildman–Crippen LogP) is 1.98. The average molecular weight is 251 g/mol. The zero-order chi connectivity index (χ0) is 13.3. The predicted molar refractivity (Wildman–Crippen MR) is 63.0 cm³/mol. The monoisotopic (exact) mass is 251 g/mol. The van der Waals surface area contributed by atoms with Gasteiger partial charge in [-0.05, 0) is 17.7 Å². The van der Waals surface area contributed by atoms with Gasteiger partial charge in [0, 0.05) is 12.6 Å². The van der Waals surface area contributed by atoms with Crippen molar-refractivity contribution in [3.05, 3.63) is 48.1 Å². The van der Waals surface area contributed by atoms with E-state index in [0.717, 1.165) is 18.2 Å². The smallest absolute Gasteiger partial charge is 0.346 e. The van der Waals surface area contributed by atoms with Crippen molar-refractivity contribution < 1.29 is 13.6 Å². The highest BCUT2D eigenvalue weighted by atomic mass is 19.1. The van der Waals surface area contributed by atoms with Crippen molar-refractivity contribution in [1.29, 1.82) is 0 Å². The molecule has 18 heavy (non-hydrogen) atoms. The van der Waals surface area contributed by atoms with Crippen LogP contribution in [0.3, 0.4) is 0 Å². The molecule has 2 rings (SSSR count). The summed E-state index contributed by atoms with van der Waals surface area (Å²) in [6.07, 6.45) is 1.49. The quantitative estimate of drug-likeness (QED) is 0.835. The minimum Gasteiger partial charge on any atom is -0.385 e. The number of halogens is 2. The van der Waals surface area contributed by atoms with Crippen molar-refractivity contribution >= 4 is 11.9 Å². The highest BCUT2D eigenvalue weighted by Gasteiger charge is 2.34. The maximum absolute atomic E-state index is 13.2. The van der Waals surface area contributed by atoms with Crippen LogP contribution in [0, 0.1) is 11.6 Å². The standard InChI is InChI=1S/C12H11F2N3O/c1-2-3-17-10(11(15)16-12(17)18)7-4-8(13)6-9(14)5-7/h2,4-6,10H,1,3H2,(H2,15,16,18). The van der Waals surface area contributed by atoms with Gasteiger partial charge in [-0.2, -0.15) is 4.99 Å². The normalized spacial score (nSPS) is 19.0. The first-order chi connectivity index (χ1) is 8.52. The zero-order valence-electron chi connectivity index (χ0n) is 9.44. The molecule has 0 spiro atoms. The number of benzene rings is 1. The first-order valence-corrected chi connectivity index (χ1v) is 5.24. The summed E-state index contributed by atoms with van der Waals surface area (Å²) >= 11 is 0. The van der Waals surface area contributed by atoms with Gasteiger partial charge in [0.1, 0.15) is 23.5 Å². The van der Waals surface area contributed by atoms with Crippen LogP contribution in [0.5, 0.6) is 0 Å². The third-order valence-corrected chi connectivity index (χ3v) is 2.59. The Morgan fingerprint density at radius 2 is 2.00 bits per heavy atom. The Morgan fingerprint density at radius 1 is 1.39 bits per heavy atom. The number of amides is 2. The van der Waals surface area contributed by atoms with Crippen LogP contribution >= 0.6 is 0 Å². The van der Waals surface area contributed by atoms with Crippen LogP contribution < -0.4 is 5.73 Å². The molecule has 0 radical (unpaired) electrons. The number of carbonyl (C=O) groups excluding carboxylic acids is 1. The van der Waals surface area contributed by atoms with Gasteiger partial charge in [0.05, 0.1) is 0 Å². The van der Waals surface area contributed by atoms with Crippen molar-refractivity contribution in [3.8, 4) is 0 Å². The van der Waals surface area contributed by atoms with E-state index >= 15 is 0 Å². The molecule has 0 bridgehead atoms. The number of aliphatic imine (C=N–C) groups is 1. The zero-order valence-corrected chi connectivity index (χ0v) is 9.44. The molecule has 0 fully saturated rings. The molecule has 1 aromatic carbocycles. The number of nitrogens with zero attached hydrogens (tertiary/aromatic N) is 2. The van der Waals surface area contributed by atoms with Gasteiger partial charge in [0.2, 0.25) is 0 Å². The van der Waals surface area contributed by atoms with Crippen LogP contribution in [0.4, 0.5) is 13.6 Å². The van der Waals surface area contributed by atoms with Crippen molar-refractivity contribution in [3.63, 3.8) is 0 Å². The lowest BCUT2D eigenvalue weighted by atomic mass is 10.0. The molecule has 1 unspecified atom stereocenters. The number of rotatable bonds is 3. The van der Waals surface area contributed by atoms with E-state index in [2.05, 4.69) is 11.6 Å². The molecule has 0 aromatic heterocycles. The Labute approximate surface area is 102 Å². The number of hydrogen-bond acceptors (Lipinski definition) is 2. The van der Waals surface area contributed by atoms with Gasteiger partial charge in [-0.1, -0.05) is 6.08 Å². The summed E-state index contributed by atoms with van der Waals surface area (Å²) in [7, 11) is 0. The Hall–Kier alpha value is -2.24. The summed E-state index contributed by atoms with van der Waals surface area (Å²) in [5.41, 5.74) is 5.88. The Bertz CT molecular complexity index is 522. The van der Waals surface area contributed by atoms with Crippen molar-refractivity contribution in [1.82, 2.24) is 4.90 Å². The van der Waals surface area contributed by atoms with Gasteiger partial charge >= 0.3 is 6.03 Å². The van der Waals surface area contributed by atoms with Gasteiger partial charge in [-0.15, -0.1) is 6.58 Å². The average Bonchev–Trinajstić information content (AvgIpc) is 2.53. The van der Waals surface area contributed by atoms with Gasteiger partial charge in [-0.3, -0.25) is 0 Å². The summed E-state index contributed by atoms with van der Waals surface area (Å²) in [5.74, 6) is -1.43. The lowest BCUT2D eigenvalue weighted by Gasteiger charge is -2.23. The lowest BCUT2D eigenvalue weighted by Crippen LogP contribution is -2.33. The van der Waals surface area contributed by atoms with Gasteiger partial charge in [0.15, 0.2) is 0 Å². The summed E-state index contributed by atoms with van der Waals surface area (Å²) < 4.78 is 26.3. The molecule has 0 aliphatic carbocycles. The molecule has 0 saturated heterocycles. The second kappa shape index (κ2) is 4.56. The van der Waals surface area contributed by atoms with E-state index in [1.165, 1.54) is 11.0 Å². The molecule has 6 heteroatoms. The molecule has 1 aliphatic rings. The lowest BCUT2D eigenvalue weighted by molar-refractivity contribution is 0.212. The fourth-order valence-corrected chi connectivity index (χ4v) is 1.91. The van der Waals surface area contributed by atoms with E-state index in [1.54, 1.807) is 0 Å². The van der Waals surface area contributed by atoms with Crippen LogP contribution in [0.25, 0.3) is 0 Å². The minimum atomic E-state index is -0.749. The SMILES string of the molecule is C=CCN1C(=O)N=C(N)C1c1cc(F)cc(F)c1. The number of nitrogens with two attached hydrogens (primary N) is 1.